The predicted molar refractivity (Wildman–Crippen MR) is 117 cm³/mol. The first kappa shape index (κ1) is 20.5. The van der Waals surface area contributed by atoms with Gasteiger partial charge in [0.1, 0.15) is 5.54 Å². The maximum atomic E-state index is 13.2. The molecule has 3 aliphatic rings. The van der Waals surface area contributed by atoms with E-state index in [0.717, 1.165) is 4.90 Å². The van der Waals surface area contributed by atoms with Gasteiger partial charge < -0.3 is 14.8 Å². The Hall–Kier alpha value is -3.35. The highest BCUT2D eigenvalue weighted by Crippen LogP contribution is 2.38. The minimum atomic E-state index is -1.27. The number of ketones is 1. The Bertz CT molecular complexity index is 1070. The number of ether oxygens (including phenoxy) is 2. The van der Waals surface area contributed by atoms with E-state index in [9.17, 15) is 14.4 Å². The lowest BCUT2D eigenvalue weighted by molar-refractivity contribution is -0.130. The van der Waals surface area contributed by atoms with E-state index in [0.29, 0.717) is 28.5 Å². The van der Waals surface area contributed by atoms with Crippen molar-refractivity contribution in [3.05, 3.63) is 59.2 Å². The molecule has 2 aromatic rings. The first-order valence-electron chi connectivity index (χ1n) is 11.1. The van der Waals surface area contributed by atoms with Crippen LogP contribution in [0.2, 0.25) is 0 Å². The molecule has 2 aliphatic heterocycles. The molecule has 166 valence electrons. The maximum absolute atomic E-state index is 13.2. The Morgan fingerprint density at radius 3 is 2.50 bits per heavy atom. The molecule has 1 N–H and O–H groups in total. The van der Waals surface area contributed by atoms with Gasteiger partial charge in [-0.05, 0) is 48.9 Å². The molecule has 1 atom stereocenters. The molecule has 7 heteroatoms. The zero-order valence-electron chi connectivity index (χ0n) is 18.1. The summed E-state index contributed by atoms with van der Waals surface area (Å²) < 4.78 is 10.7. The lowest BCUT2D eigenvalue weighted by Crippen LogP contribution is -2.41. The minimum absolute atomic E-state index is 0.121. The van der Waals surface area contributed by atoms with Crippen LogP contribution >= 0.6 is 0 Å². The van der Waals surface area contributed by atoms with E-state index in [4.69, 9.17) is 9.47 Å². The number of imide groups is 1. The van der Waals surface area contributed by atoms with Gasteiger partial charge in [-0.25, -0.2) is 4.79 Å². The summed E-state index contributed by atoms with van der Waals surface area (Å²) >= 11 is 0. The largest absolute Gasteiger partial charge is 0.454 e. The van der Waals surface area contributed by atoms with E-state index in [2.05, 4.69) is 5.32 Å². The molecule has 2 heterocycles. The highest BCUT2D eigenvalue weighted by molar-refractivity contribution is 6.11. The number of urea groups is 1. The lowest BCUT2D eigenvalue weighted by Gasteiger charge is -2.22. The fraction of sp³-hybridized carbons (Fsp3) is 0.400. The van der Waals surface area contributed by atoms with Gasteiger partial charge >= 0.3 is 6.03 Å². The van der Waals surface area contributed by atoms with Crippen molar-refractivity contribution in [2.45, 2.75) is 50.5 Å². The van der Waals surface area contributed by atoms with Crippen molar-refractivity contribution in [1.29, 1.82) is 0 Å². The molecule has 2 aromatic carbocycles. The number of hydrogen-bond acceptors (Lipinski definition) is 5. The standard InChI is InChI=1S/C25H26N2O5/c1-25(19-11-12-21-22(13-19)32-15-31-21)23(29)27(24(30)26-25)14-20(28)18-9-7-17(8-10-18)16-5-3-2-4-6-16/h7-13,16H,2-6,14-15H2,1H3,(H,26,30)/t25-/m0/s1. The van der Waals surface area contributed by atoms with Crippen LogP contribution in [0, 0.1) is 0 Å². The Balaban J connectivity index is 1.30. The quantitative estimate of drug-likeness (QED) is 0.565. The smallest absolute Gasteiger partial charge is 0.325 e. The minimum Gasteiger partial charge on any atom is -0.454 e. The van der Waals surface area contributed by atoms with E-state index in [1.807, 2.05) is 24.3 Å². The van der Waals surface area contributed by atoms with E-state index in [1.165, 1.54) is 37.7 Å². The molecule has 0 radical (unpaired) electrons. The van der Waals surface area contributed by atoms with Gasteiger partial charge in [-0.15, -0.1) is 0 Å². The highest BCUT2D eigenvalue weighted by Gasteiger charge is 2.49. The van der Waals surface area contributed by atoms with Gasteiger partial charge in [-0.3, -0.25) is 14.5 Å². The van der Waals surface area contributed by atoms with Crippen molar-refractivity contribution in [3.8, 4) is 11.5 Å². The fourth-order valence-electron chi connectivity index (χ4n) is 4.86. The topological polar surface area (TPSA) is 84.9 Å². The number of nitrogens with zero attached hydrogens (tertiary/aromatic N) is 1. The summed E-state index contributed by atoms with van der Waals surface area (Å²) in [6, 6.07) is 12.2. The molecule has 0 aromatic heterocycles. The van der Waals surface area contributed by atoms with Crippen molar-refractivity contribution in [3.63, 3.8) is 0 Å². The molecule has 1 aliphatic carbocycles. The van der Waals surface area contributed by atoms with Crippen LogP contribution < -0.4 is 14.8 Å². The second-order valence-electron chi connectivity index (χ2n) is 8.89. The molecule has 2 fully saturated rings. The van der Waals surface area contributed by atoms with E-state index >= 15 is 0 Å². The van der Waals surface area contributed by atoms with E-state index < -0.39 is 17.5 Å². The van der Waals surface area contributed by atoms with Gasteiger partial charge in [-0.2, -0.15) is 0 Å². The van der Waals surface area contributed by atoms with Crippen LogP contribution in [0.25, 0.3) is 0 Å². The summed E-state index contributed by atoms with van der Waals surface area (Å²) in [7, 11) is 0. The zero-order chi connectivity index (χ0) is 22.3. The monoisotopic (exact) mass is 434 g/mol. The average molecular weight is 434 g/mol. The van der Waals surface area contributed by atoms with E-state index in [1.54, 1.807) is 25.1 Å². The Morgan fingerprint density at radius 2 is 1.75 bits per heavy atom. The molecule has 0 spiro atoms. The second-order valence-corrected chi connectivity index (χ2v) is 8.89. The van der Waals surface area contributed by atoms with Crippen LogP contribution in [0.1, 0.15) is 66.4 Å². The maximum Gasteiger partial charge on any atom is 0.325 e. The summed E-state index contributed by atoms with van der Waals surface area (Å²) in [6.07, 6.45) is 6.17. The fourth-order valence-corrected chi connectivity index (χ4v) is 4.86. The SMILES string of the molecule is C[C@@]1(c2ccc3c(c2)OCO3)NC(=O)N(CC(=O)c2ccc(C3CCCCC3)cc2)C1=O. The predicted octanol–water partition coefficient (Wildman–Crippen LogP) is 4.11. The number of rotatable bonds is 5. The normalized spacial score (nSPS) is 22.8. The van der Waals surface area contributed by atoms with E-state index in [-0.39, 0.29) is 19.1 Å². The third kappa shape index (κ3) is 3.51. The van der Waals surface area contributed by atoms with Gasteiger partial charge in [0, 0.05) is 5.56 Å². The summed E-state index contributed by atoms with van der Waals surface area (Å²) in [5.41, 5.74) is 1.06. The number of Topliss-reactive ketones (excluding diaryl/α,β-unsaturated/α-hetero) is 1. The lowest BCUT2D eigenvalue weighted by atomic mass is 9.84. The first-order chi connectivity index (χ1) is 15.5. The van der Waals surface area contributed by atoms with Gasteiger partial charge in [-0.1, -0.05) is 49.6 Å². The molecule has 3 amide bonds. The highest BCUT2D eigenvalue weighted by atomic mass is 16.7. The van der Waals surface area contributed by atoms with Gasteiger partial charge in [0.15, 0.2) is 17.3 Å². The van der Waals surface area contributed by atoms with Gasteiger partial charge in [0.05, 0.1) is 6.54 Å². The van der Waals surface area contributed by atoms with Crippen LogP contribution in [-0.2, 0) is 10.3 Å². The van der Waals surface area contributed by atoms with Crippen molar-refractivity contribution >= 4 is 17.7 Å². The van der Waals surface area contributed by atoms with Crippen LogP contribution in [0.15, 0.2) is 42.5 Å². The molecule has 7 nitrogen and oxygen atoms in total. The molecular formula is C25H26N2O5. The van der Waals surface area contributed by atoms with Crippen LogP contribution in [0.5, 0.6) is 11.5 Å². The molecular weight excluding hydrogens is 408 g/mol. The Morgan fingerprint density at radius 1 is 1.03 bits per heavy atom. The molecule has 0 unspecified atom stereocenters. The number of carbonyl (C=O) groups is 3. The molecule has 1 saturated heterocycles. The third-order valence-electron chi connectivity index (χ3n) is 6.84. The van der Waals surface area contributed by atoms with Crippen LogP contribution in [-0.4, -0.2) is 36.0 Å². The zero-order valence-corrected chi connectivity index (χ0v) is 18.1. The number of carbonyl (C=O) groups excluding carboxylic acids is 3. The number of hydrogen-bond donors (Lipinski definition) is 1. The first-order valence-corrected chi connectivity index (χ1v) is 11.1. The average Bonchev–Trinajstić information content (AvgIpc) is 3.38. The summed E-state index contributed by atoms with van der Waals surface area (Å²) in [5.74, 6) is 0.949. The van der Waals surface area contributed by atoms with Crippen LogP contribution in [0.3, 0.4) is 0 Å². The molecule has 0 bridgehead atoms. The van der Waals surface area contributed by atoms with Crippen molar-refractivity contribution in [2.24, 2.45) is 0 Å². The third-order valence-corrected chi connectivity index (χ3v) is 6.84. The molecule has 1 saturated carbocycles. The number of benzene rings is 2. The molecule has 32 heavy (non-hydrogen) atoms. The van der Waals surface area contributed by atoms with Crippen LogP contribution in [0.4, 0.5) is 4.79 Å². The second kappa shape index (κ2) is 7.97. The van der Waals surface area contributed by atoms with Crippen molar-refractivity contribution in [1.82, 2.24) is 10.2 Å². The summed E-state index contributed by atoms with van der Waals surface area (Å²) in [4.78, 5) is 39.7. The van der Waals surface area contributed by atoms with Gasteiger partial charge in [0.25, 0.3) is 5.91 Å². The summed E-state index contributed by atoms with van der Waals surface area (Å²) in [6.45, 7) is 1.46. The summed E-state index contributed by atoms with van der Waals surface area (Å²) in [5, 5.41) is 2.74. The number of nitrogens with one attached hydrogen (secondary N) is 1. The Kier molecular flexibility index (Phi) is 5.12. The molecule has 5 rings (SSSR count). The Labute approximate surface area is 186 Å². The number of amides is 3. The van der Waals surface area contributed by atoms with Crippen molar-refractivity contribution in [2.75, 3.05) is 13.3 Å². The van der Waals surface area contributed by atoms with Crippen molar-refractivity contribution < 1.29 is 23.9 Å². The van der Waals surface area contributed by atoms with Gasteiger partial charge in [0.2, 0.25) is 6.79 Å². The number of fused-ring (bicyclic) bond motifs is 1.